The first-order valence-electron chi connectivity index (χ1n) is 5.13. The van der Waals surface area contributed by atoms with Crippen molar-refractivity contribution in [3.63, 3.8) is 0 Å². The van der Waals surface area contributed by atoms with Gasteiger partial charge in [0.05, 0.1) is 25.6 Å². The van der Waals surface area contributed by atoms with Crippen LogP contribution in [-0.2, 0) is 4.74 Å². The summed E-state index contributed by atoms with van der Waals surface area (Å²) in [6.07, 6.45) is 2.43. The van der Waals surface area contributed by atoms with Crippen molar-refractivity contribution in [1.29, 1.82) is 0 Å². The Balaban J connectivity index is 1.76. The topological polar surface area (TPSA) is 38.2 Å². The predicted octanol–water partition coefficient (Wildman–Crippen LogP) is 0.698. The van der Waals surface area contributed by atoms with E-state index in [9.17, 15) is 4.39 Å². The van der Waals surface area contributed by atoms with Crippen LogP contribution >= 0.6 is 0 Å². The number of halogens is 1. The minimum atomic E-state index is -0.388. The van der Waals surface area contributed by atoms with Gasteiger partial charge in [0.15, 0.2) is 5.82 Å². The first-order valence-corrected chi connectivity index (χ1v) is 5.13. The van der Waals surface area contributed by atoms with Crippen LogP contribution in [0.3, 0.4) is 0 Å². The van der Waals surface area contributed by atoms with Crippen molar-refractivity contribution in [2.45, 2.75) is 0 Å². The SMILES string of the molecule is Fc1cnc(N2C[C@@H]3COC[C@H]3C2)nc1. The van der Waals surface area contributed by atoms with Crippen molar-refractivity contribution < 1.29 is 9.13 Å². The van der Waals surface area contributed by atoms with Crippen LogP contribution < -0.4 is 4.90 Å². The summed E-state index contributed by atoms with van der Waals surface area (Å²) in [7, 11) is 0. The third-order valence-corrected chi connectivity index (χ3v) is 3.13. The van der Waals surface area contributed by atoms with E-state index in [1.165, 1.54) is 12.4 Å². The van der Waals surface area contributed by atoms with Gasteiger partial charge in [0.1, 0.15) is 0 Å². The second-order valence-corrected chi connectivity index (χ2v) is 4.16. The number of aromatic nitrogens is 2. The third-order valence-electron chi connectivity index (χ3n) is 3.13. The molecule has 15 heavy (non-hydrogen) atoms. The summed E-state index contributed by atoms with van der Waals surface area (Å²) in [5.74, 6) is 1.43. The van der Waals surface area contributed by atoms with Crippen LogP contribution in [0.5, 0.6) is 0 Å². The van der Waals surface area contributed by atoms with Gasteiger partial charge in [-0.3, -0.25) is 0 Å². The van der Waals surface area contributed by atoms with E-state index in [0.29, 0.717) is 17.8 Å². The molecular weight excluding hydrogens is 197 g/mol. The van der Waals surface area contributed by atoms with Crippen LogP contribution in [-0.4, -0.2) is 36.3 Å². The number of ether oxygens (including phenoxy) is 1. The number of nitrogens with zero attached hydrogens (tertiary/aromatic N) is 3. The van der Waals surface area contributed by atoms with Crippen LogP contribution in [0.2, 0.25) is 0 Å². The molecule has 0 saturated carbocycles. The molecule has 0 bridgehead atoms. The van der Waals surface area contributed by atoms with Crippen molar-refractivity contribution >= 4 is 5.95 Å². The highest BCUT2D eigenvalue weighted by Gasteiger charge is 2.37. The van der Waals surface area contributed by atoms with Crippen LogP contribution in [0.15, 0.2) is 12.4 Å². The smallest absolute Gasteiger partial charge is 0.225 e. The van der Waals surface area contributed by atoms with Crippen LogP contribution in [0.25, 0.3) is 0 Å². The monoisotopic (exact) mass is 209 g/mol. The zero-order valence-electron chi connectivity index (χ0n) is 8.27. The molecule has 1 aromatic rings. The maximum absolute atomic E-state index is 12.6. The van der Waals surface area contributed by atoms with Gasteiger partial charge in [-0.15, -0.1) is 0 Å². The quantitative estimate of drug-likeness (QED) is 0.682. The molecule has 3 rings (SSSR count). The van der Waals surface area contributed by atoms with Gasteiger partial charge >= 0.3 is 0 Å². The van der Waals surface area contributed by atoms with E-state index in [0.717, 1.165) is 26.3 Å². The zero-order chi connectivity index (χ0) is 10.3. The van der Waals surface area contributed by atoms with E-state index in [2.05, 4.69) is 14.9 Å². The Hall–Kier alpha value is -1.23. The molecule has 2 fully saturated rings. The Labute approximate surface area is 87.1 Å². The molecule has 0 amide bonds. The molecule has 1 aromatic heterocycles. The maximum Gasteiger partial charge on any atom is 0.225 e. The summed E-state index contributed by atoms with van der Waals surface area (Å²) in [5.41, 5.74) is 0. The number of hydrogen-bond acceptors (Lipinski definition) is 4. The van der Waals surface area contributed by atoms with E-state index >= 15 is 0 Å². The van der Waals surface area contributed by atoms with Gasteiger partial charge in [0.25, 0.3) is 0 Å². The maximum atomic E-state index is 12.6. The predicted molar refractivity (Wildman–Crippen MR) is 52.0 cm³/mol. The average molecular weight is 209 g/mol. The lowest BCUT2D eigenvalue weighted by Crippen LogP contribution is -2.24. The molecule has 0 aromatic carbocycles. The molecule has 0 N–H and O–H groups in total. The van der Waals surface area contributed by atoms with Gasteiger partial charge in [-0.2, -0.15) is 0 Å². The van der Waals surface area contributed by atoms with Gasteiger partial charge in [0, 0.05) is 24.9 Å². The second kappa shape index (κ2) is 3.41. The first kappa shape index (κ1) is 9.03. The van der Waals surface area contributed by atoms with Gasteiger partial charge in [-0.05, 0) is 0 Å². The summed E-state index contributed by atoms with van der Waals surface area (Å²) in [6, 6.07) is 0. The normalized spacial score (nSPS) is 29.5. The molecule has 2 aliphatic rings. The summed E-state index contributed by atoms with van der Waals surface area (Å²) in [6.45, 7) is 3.53. The van der Waals surface area contributed by atoms with E-state index in [-0.39, 0.29) is 5.82 Å². The van der Waals surface area contributed by atoms with Gasteiger partial charge in [-0.1, -0.05) is 0 Å². The lowest BCUT2D eigenvalue weighted by atomic mass is 10.0. The minimum Gasteiger partial charge on any atom is -0.381 e. The molecule has 2 aliphatic heterocycles. The summed E-state index contributed by atoms with van der Waals surface area (Å²) in [5, 5.41) is 0. The van der Waals surface area contributed by atoms with E-state index in [4.69, 9.17) is 4.74 Å². The molecular formula is C10H12FN3O. The largest absolute Gasteiger partial charge is 0.381 e. The number of hydrogen-bond donors (Lipinski definition) is 0. The van der Waals surface area contributed by atoms with E-state index in [1.807, 2.05) is 0 Å². The lowest BCUT2D eigenvalue weighted by molar-refractivity contribution is 0.177. The average Bonchev–Trinajstić information content (AvgIpc) is 2.78. The van der Waals surface area contributed by atoms with E-state index < -0.39 is 0 Å². The standard InChI is InChI=1S/C10H12FN3O/c11-9-1-12-10(13-2-9)14-3-7-5-15-6-8(7)4-14/h1-2,7-8H,3-6H2/t7-,8-/m1/s1. The molecule has 0 aliphatic carbocycles. The van der Waals surface area contributed by atoms with Crippen molar-refractivity contribution in [2.24, 2.45) is 11.8 Å². The molecule has 80 valence electrons. The fraction of sp³-hybridized carbons (Fsp3) is 0.600. The molecule has 3 heterocycles. The Kier molecular flexibility index (Phi) is 2.05. The highest BCUT2D eigenvalue weighted by atomic mass is 19.1. The highest BCUT2D eigenvalue weighted by Crippen LogP contribution is 2.30. The van der Waals surface area contributed by atoms with E-state index in [1.54, 1.807) is 0 Å². The molecule has 0 spiro atoms. The Bertz CT molecular complexity index is 344. The third kappa shape index (κ3) is 1.56. The first-order chi connectivity index (χ1) is 7.33. The van der Waals surface area contributed by atoms with Crippen molar-refractivity contribution in [3.05, 3.63) is 18.2 Å². The summed E-state index contributed by atoms with van der Waals surface area (Å²) >= 11 is 0. The van der Waals surface area contributed by atoms with Crippen molar-refractivity contribution in [3.8, 4) is 0 Å². The van der Waals surface area contributed by atoms with Crippen molar-refractivity contribution in [1.82, 2.24) is 9.97 Å². The molecule has 2 saturated heterocycles. The lowest BCUT2D eigenvalue weighted by Gasteiger charge is -2.16. The van der Waals surface area contributed by atoms with Crippen molar-refractivity contribution in [2.75, 3.05) is 31.2 Å². The Morgan fingerprint density at radius 1 is 1.20 bits per heavy atom. The minimum absolute atomic E-state index is 0.388. The van der Waals surface area contributed by atoms with Gasteiger partial charge in [0.2, 0.25) is 5.95 Å². The van der Waals surface area contributed by atoms with Crippen LogP contribution in [0.1, 0.15) is 0 Å². The zero-order valence-corrected chi connectivity index (χ0v) is 8.27. The molecule has 0 radical (unpaired) electrons. The molecule has 2 atom stereocenters. The number of fused-ring (bicyclic) bond motifs is 1. The number of rotatable bonds is 1. The number of anilines is 1. The highest BCUT2D eigenvalue weighted by molar-refractivity contribution is 5.31. The van der Waals surface area contributed by atoms with Gasteiger partial charge < -0.3 is 9.64 Å². The Morgan fingerprint density at radius 3 is 2.40 bits per heavy atom. The molecule has 4 nitrogen and oxygen atoms in total. The van der Waals surface area contributed by atoms with Crippen LogP contribution in [0.4, 0.5) is 10.3 Å². The second-order valence-electron chi connectivity index (χ2n) is 4.16. The Morgan fingerprint density at radius 2 is 1.80 bits per heavy atom. The summed E-state index contributed by atoms with van der Waals surface area (Å²) < 4.78 is 18.0. The fourth-order valence-corrected chi connectivity index (χ4v) is 2.32. The van der Waals surface area contributed by atoms with Gasteiger partial charge in [-0.25, -0.2) is 14.4 Å². The van der Waals surface area contributed by atoms with Crippen LogP contribution in [0, 0.1) is 17.7 Å². The summed E-state index contributed by atoms with van der Waals surface area (Å²) in [4.78, 5) is 10.1. The molecule has 5 heteroatoms. The fourth-order valence-electron chi connectivity index (χ4n) is 2.32. The molecule has 0 unspecified atom stereocenters.